The van der Waals surface area contributed by atoms with Crippen molar-refractivity contribution in [2.45, 2.75) is 13.0 Å². The molecule has 0 amide bonds. The zero-order chi connectivity index (χ0) is 12.5. The summed E-state index contributed by atoms with van der Waals surface area (Å²) in [6, 6.07) is 19.6. The summed E-state index contributed by atoms with van der Waals surface area (Å²) in [5, 5.41) is 9.02. The fourth-order valence-corrected chi connectivity index (χ4v) is 1.32. The average Bonchev–Trinajstić information content (AvgIpc) is 2.41. The Morgan fingerprint density at radius 2 is 1.44 bits per heavy atom. The van der Waals surface area contributed by atoms with Gasteiger partial charge in [0.15, 0.2) is 0 Å². The third-order valence-electron chi connectivity index (χ3n) is 2.32. The molecule has 0 saturated heterocycles. The van der Waals surface area contributed by atoms with Crippen LogP contribution in [-0.4, -0.2) is 10.6 Å². The lowest BCUT2D eigenvalue weighted by Gasteiger charge is -2.00. The lowest BCUT2D eigenvalue weighted by Crippen LogP contribution is -1.87. The van der Waals surface area contributed by atoms with Gasteiger partial charge in [-0.2, -0.15) is 0 Å². The van der Waals surface area contributed by atoms with Crippen LogP contribution in [0.15, 0.2) is 67.2 Å². The fraction of sp³-hybridized carbons (Fsp3) is 0.125. The molecule has 0 bridgehead atoms. The average molecular weight is 246 g/mol. The number of rotatable bonds is 2. The topological polar surface area (TPSA) is 50.2 Å². The Morgan fingerprint density at radius 3 is 1.72 bits per heavy atom. The van der Waals surface area contributed by atoms with Gasteiger partial charge in [0.2, 0.25) is 0 Å². The molecule has 1 atom stereocenters. The smallest absolute Gasteiger partial charge is 0.0761 e. The Kier molecular flexibility index (Phi) is 8.20. The first-order valence-electron chi connectivity index (χ1n) is 5.64. The minimum atomic E-state index is -0.341. The van der Waals surface area contributed by atoms with Gasteiger partial charge in [-0.3, -0.25) is 0 Å². The van der Waals surface area contributed by atoms with Crippen molar-refractivity contribution in [3.8, 4) is 0 Å². The third-order valence-corrected chi connectivity index (χ3v) is 2.32. The predicted molar refractivity (Wildman–Crippen MR) is 77.7 cm³/mol. The summed E-state index contributed by atoms with van der Waals surface area (Å²) in [5.74, 6) is 0. The standard InChI is InChI=1S/C8H10O.C8H8.H2O.H2/c1-7(9)8-5-3-2-4-6-8;1-2-8-6-4-3-5-7-8;;/h2-7,9H,1H3;2-7H,1H2;1H2;1H/p-1/i;;;1+1. The van der Waals surface area contributed by atoms with Gasteiger partial charge in [-0.15, -0.1) is 0 Å². The van der Waals surface area contributed by atoms with E-state index in [0.717, 1.165) is 5.56 Å². The summed E-state index contributed by atoms with van der Waals surface area (Å²) >= 11 is 0. The molecule has 0 aliphatic carbocycles. The van der Waals surface area contributed by atoms with Crippen molar-refractivity contribution in [3.05, 3.63) is 78.4 Å². The van der Waals surface area contributed by atoms with Gasteiger partial charge in [0, 0.05) is 1.43 Å². The van der Waals surface area contributed by atoms with Crippen molar-refractivity contribution in [1.29, 1.82) is 0 Å². The largest absolute Gasteiger partial charge is 0.870 e. The molecule has 0 aromatic heterocycles. The lowest BCUT2D eigenvalue weighted by atomic mass is 10.1. The highest BCUT2D eigenvalue weighted by Gasteiger charge is 1.95. The Bertz CT molecular complexity index is 427. The van der Waals surface area contributed by atoms with Crippen LogP contribution in [0.4, 0.5) is 0 Å². The molecule has 2 rings (SSSR count). The van der Waals surface area contributed by atoms with Crippen LogP contribution in [0.5, 0.6) is 0 Å². The van der Waals surface area contributed by atoms with E-state index in [1.54, 1.807) is 6.92 Å². The maximum absolute atomic E-state index is 9.02. The van der Waals surface area contributed by atoms with E-state index in [9.17, 15) is 0 Å². The molecule has 18 heavy (non-hydrogen) atoms. The molecule has 0 heterocycles. The van der Waals surface area contributed by atoms with Crippen LogP contribution >= 0.6 is 0 Å². The van der Waals surface area contributed by atoms with Crippen molar-refractivity contribution in [2.75, 3.05) is 0 Å². The number of hydrogen-bond donors (Lipinski definition) is 1. The van der Waals surface area contributed by atoms with Crippen molar-refractivity contribution >= 4 is 6.08 Å². The summed E-state index contributed by atoms with van der Waals surface area (Å²) in [5.41, 5.74) is 2.14. The zero-order valence-electron chi connectivity index (χ0n) is 10.5. The molecule has 0 saturated carbocycles. The molecule has 0 aliphatic rings. The van der Waals surface area contributed by atoms with Gasteiger partial charge in [-0.1, -0.05) is 73.3 Å². The summed E-state index contributed by atoms with van der Waals surface area (Å²) < 4.78 is 0. The molecule has 2 aromatic rings. The molecule has 2 N–H and O–H groups in total. The number of aliphatic hydroxyl groups excluding tert-OH is 1. The van der Waals surface area contributed by atoms with E-state index in [2.05, 4.69) is 6.58 Å². The van der Waals surface area contributed by atoms with E-state index in [0.29, 0.717) is 0 Å². The fourth-order valence-electron chi connectivity index (χ4n) is 1.32. The first-order chi connectivity index (χ1) is 8.24. The Hall–Kier alpha value is -1.90. The minimum absolute atomic E-state index is 0. The van der Waals surface area contributed by atoms with Crippen molar-refractivity contribution in [1.82, 2.24) is 0 Å². The number of aliphatic hydroxyl groups is 1. The van der Waals surface area contributed by atoms with E-state index in [1.807, 2.05) is 66.7 Å². The molecule has 2 aromatic carbocycles. The first kappa shape index (κ1) is 16.1. The monoisotopic (exact) mass is 246 g/mol. The second kappa shape index (κ2) is 9.16. The van der Waals surface area contributed by atoms with Gasteiger partial charge in [0.05, 0.1) is 6.10 Å². The van der Waals surface area contributed by atoms with E-state index < -0.39 is 0 Å². The van der Waals surface area contributed by atoms with Crippen LogP contribution in [0.25, 0.3) is 6.08 Å². The lowest BCUT2D eigenvalue weighted by molar-refractivity contribution is 0.199. The predicted octanol–water partition coefficient (Wildman–Crippen LogP) is 4.14. The maximum Gasteiger partial charge on any atom is 0.0761 e. The molecule has 2 heteroatoms. The SMILES string of the molecule is C=Cc1ccccc1.CC(O)c1ccccc1.[2HH].[OH-]. The molecular weight excluding hydrogens is 224 g/mol. The summed E-state index contributed by atoms with van der Waals surface area (Å²) in [4.78, 5) is 0. The van der Waals surface area contributed by atoms with Crippen molar-refractivity contribution in [3.63, 3.8) is 0 Å². The molecule has 0 fully saturated rings. The van der Waals surface area contributed by atoms with Crippen LogP contribution in [0, 0.1) is 0 Å². The van der Waals surface area contributed by atoms with Crippen LogP contribution in [0.3, 0.4) is 0 Å². The van der Waals surface area contributed by atoms with Crippen molar-refractivity contribution < 1.29 is 12.0 Å². The van der Waals surface area contributed by atoms with Gasteiger partial charge in [-0.25, -0.2) is 0 Å². The molecular formula is C16H21O2-. The van der Waals surface area contributed by atoms with Crippen LogP contribution in [0.1, 0.15) is 25.6 Å². The van der Waals surface area contributed by atoms with E-state index >= 15 is 0 Å². The third kappa shape index (κ3) is 5.99. The normalized spacial score (nSPS) is 10.3. The minimum Gasteiger partial charge on any atom is -0.870 e. The highest BCUT2D eigenvalue weighted by atomic mass is 16.3. The van der Waals surface area contributed by atoms with Crippen LogP contribution < -0.4 is 0 Å². The summed E-state index contributed by atoms with van der Waals surface area (Å²) in [7, 11) is 0. The molecule has 1 unspecified atom stereocenters. The van der Waals surface area contributed by atoms with E-state index in [4.69, 9.17) is 5.11 Å². The Balaban J connectivity index is 0. The van der Waals surface area contributed by atoms with Gasteiger partial charge in [0.25, 0.3) is 0 Å². The molecule has 0 radical (unpaired) electrons. The number of benzene rings is 2. The highest BCUT2D eigenvalue weighted by Crippen LogP contribution is 2.09. The van der Waals surface area contributed by atoms with Gasteiger partial charge in [-0.05, 0) is 18.1 Å². The van der Waals surface area contributed by atoms with E-state index in [-0.39, 0.29) is 13.0 Å². The molecule has 0 spiro atoms. The maximum atomic E-state index is 9.02. The van der Waals surface area contributed by atoms with Gasteiger partial charge in [0.1, 0.15) is 0 Å². The van der Waals surface area contributed by atoms with Gasteiger partial charge >= 0.3 is 0 Å². The summed E-state index contributed by atoms with van der Waals surface area (Å²) in [6.07, 6.45) is 1.49. The first-order valence-corrected chi connectivity index (χ1v) is 5.64. The number of hydrogen-bond acceptors (Lipinski definition) is 2. The van der Waals surface area contributed by atoms with Crippen molar-refractivity contribution in [2.24, 2.45) is 0 Å². The highest BCUT2D eigenvalue weighted by molar-refractivity contribution is 5.45. The molecule has 0 aliphatic heterocycles. The quantitative estimate of drug-likeness (QED) is 0.865. The summed E-state index contributed by atoms with van der Waals surface area (Å²) in [6.45, 7) is 5.39. The second-order valence-corrected chi connectivity index (χ2v) is 3.70. The van der Waals surface area contributed by atoms with Crippen LogP contribution in [0.2, 0.25) is 0 Å². The van der Waals surface area contributed by atoms with E-state index in [1.165, 1.54) is 5.56 Å². The second-order valence-electron chi connectivity index (χ2n) is 3.70. The zero-order valence-corrected chi connectivity index (χ0v) is 10.5. The Morgan fingerprint density at radius 1 is 1.00 bits per heavy atom. The molecule has 2 nitrogen and oxygen atoms in total. The van der Waals surface area contributed by atoms with Crippen LogP contribution in [-0.2, 0) is 0 Å². The molecule has 98 valence electrons. The van der Waals surface area contributed by atoms with Gasteiger partial charge < -0.3 is 10.6 Å². The Labute approximate surface area is 110 Å².